The van der Waals surface area contributed by atoms with Gasteiger partial charge in [-0.2, -0.15) is 5.10 Å². The largest absolute Gasteiger partial charge is 0.381 e. The van der Waals surface area contributed by atoms with E-state index in [1.54, 1.807) is 0 Å². The van der Waals surface area contributed by atoms with Gasteiger partial charge in [0.25, 0.3) is 0 Å². The van der Waals surface area contributed by atoms with Gasteiger partial charge in [-0.25, -0.2) is 0 Å². The number of nitrogens with one attached hydrogen (secondary N) is 1. The number of rotatable bonds is 4. The van der Waals surface area contributed by atoms with Gasteiger partial charge in [-0.3, -0.25) is 4.68 Å². The van der Waals surface area contributed by atoms with Crippen molar-refractivity contribution in [3.63, 3.8) is 0 Å². The summed E-state index contributed by atoms with van der Waals surface area (Å²) >= 11 is 0. The summed E-state index contributed by atoms with van der Waals surface area (Å²) in [6.45, 7) is 3.71. The molecule has 0 spiro atoms. The van der Waals surface area contributed by atoms with E-state index >= 15 is 0 Å². The number of nitrogens with zero attached hydrogens (tertiary/aromatic N) is 2. The highest BCUT2D eigenvalue weighted by Crippen LogP contribution is 2.16. The maximum atomic E-state index is 5.34. The van der Waals surface area contributed by atoms with Gasteiger partial charge in [0.2, 0.25) is 0 Å². The molecule has 0 aliphatic carbocycles. The first kappa shape index (κ1) is 10.6. The molecule has 1 N–H and O–H groups in total. The first-order valence-electron chi connectivity index (χ1n) is 5.63. The van der Waals surface area contributed by atoms with E-state index in [2.05, 4.69) is 27.4 Å². The van der Waals surface area contributed by atoms with Crippen LogP contribution in [0.2, 0.25) is 0 Å². The molecule has 0 saturated carbocycles. The van der Waals surface area contributed by atoms with Gasteiger partial charge in [0, 0.05) is 32.5 Å². The van der Waals surface area contributed by atoms with Crippen LogP contribution in [0.1, 0.15) is 18.5 Å². The zero-order valence-electron chi connectivity index (χ0n) is 9.28. The lowest BCUT2D eigenvalue weighted by atomic mass is 10.0. The number of hydrogen-bond donors (Lipinski definition) is 1. The number of aromatic nitrogens is 2. The predicted octanol–water partition coefficient (Wildman–Crippen LogP) is 1.03. The molecule has 84 valence electrons. The van der Waals surface area contributed by atoms with Crippen LogP contribution in [0.25, 0.3) is 0 Å². The van der Waals surface area contributed by atoms with Crippen LogP contribution in [0, 0.1) is 5.92 Å². The Balaban J connectivity index is 1.86. The van der Waals surface area contributed by atoms with Crippen LogP contribution in [0.5, 0.6) is 0 Å². The van der Waals surface area contributed by atoms with Crippen LogP contribution in [-0.2, 0) is 17.8 Å². The Labute approximate surface area is 90.6 Å². The van der Waals surface area contributed by atoms with Crippen LogP contribution < -0.4 is 5.32 Å². The predicted molar refractivity (Wildman–Crippen MR) is 58.5 cm³/mol. The molecule has 1 aliphatic rings. The number of ether oxygens (including phenoxy) is 1. The second kappa shape index (κ2) is 5.28. The molecule has 1 fully saturated rings. The van der Waals surface area contributed by atoms with E-state index in [0.717, 1.165) is 37.9 Å². The normalized spacial score (nSPS) is 18.2. The van der Waals surface area contributed by atoms with E-state index < -0.39 is 0 Å². The number of hydrogen-bond acceptors (Lipinski definition) is 3. The summed E-state index contributed by atoms with van der Waals surface area (Å²) < 4.78 is 7.40. The van der Waals surface area contributed by atoms with Gasteiger partial charge < -0.3 is 10.1 Å². The minimum Gasteiger partial charge on any atom is -0.381 e. The van der Waals surface area contributed by atoms with E-state index in [1.165, 1.54) is 12.8 Å². The molecule has 15 heavy (non-hydrogen) atoms. The highest BCUT2D eigenvalue weighted by Gasteiger charge is 2.14. The molecule has 0 amide bonds. The van der Waals surface area contributed by atoms with Crippen LogP contribution >= 0.6 is 0 Å². The van der Waals surface area contributed by atoms with Gasteiger partial charge in [0.05, 0.1) is 5.69 Å². The molecule has 1 aromatic rings. The topological polar surface area (TPSA) is 39.1 Å². The molecule has 2 rings (SSSR count). The fourth-order valence-corrected chi connectivity index (χ4v) is 1.97. The van der Waals surface area contributed by atoms with E-state index in [-0.39, 0.29) is 0 Å². The fraction of sp³-hybridized carbons (Fsp3) is 0.727. The molecule has 0 bridgehead atoms. The first-order valence-corrected chi connectivity index (χ1v) is 5.63. The van der Waals surface area contributed by atoms with Crippen LogP contribution in [0.3, 0.4) is 0 Å². The summed E-state index contributed by atoms with van der Waals surface area (Å²) in [4.78, 5) is 0. The van der Waals surface area contributed by atoms with Crippen molar-refractivity contribution < 1.29 is 4.74 Å². The average Bonchev–Trinajstić information content (AvgIpc) is 2.68. The lowest BCUT2D eigenvalue weighted by Gasteiger charge is -2.21. The zero-order valence-corrected chi connectivity index (χ0v) is 9.28. The maximum absolute atomic E-state index is 5.34. The van der Waals surface area contributed by atoms with Gasteiger partial charge in [0.1, 0.15) is 0 Å². The van der Waals surface area contributed by atoms with Crippen molar-refractivity contribution in [1.29, 1.82) is 0 Å². The third kappa shape index (κ3) is 3.04. The van der Waals surface area contributed by atoms with Crippen LogP contribution in [0.15, 0.2) is 12.3 Å². The molecule has 2 heterocycles. The van der Waals surface area contributed by atoms with E-state index in [1.807, 2.05) is 7.05 Å². The second-order valence-electron chi connectivity index (χ2n) is 4.12. The fourth-order valence-electron chi connectivity index (χ4n) is 1.97. The average molecular weight is 209 g/mol. The highest BCUT2D eigenvalue weighted by atomic mass is 16.5. The second-order valence-corrected chi connectivity index (χ2v) is 4.12. The van der Waals surface area contributed by atoms with Crippen molar-refractivity contribution in [2.75, 3.05) is 20.3 Å². The SMILES string of the molecule is CNCc1ccn(CC2CCOCC2)n1. The van der Waals surface area contributed by atoms with Gasteiger partial charge in [0.15, 0.2) is 0 Å². The van der Waals surface area contributed by atoms with Crippen molar-refractivity contribution in [2.24, 2.45) is 5.92 Å². The highest BCUT2D eigenvalue weighted by molar-refractivity contribution is 4.98. The Morgan fingerprint density at radius 3 is 3.07 bits per heavy atom. The van der Waals surface area contributed by atoms with Crippen molar-refractivity contribution in [3.05, 3.63) is 18.0 Å². The van der Waals surface area contributed by atoms with Crippen molar-refractivity contribution >= 4 is 0 Å². The standard InChI is InChI=1S/C11H19N3O/c1-12-8-11-2-5-14(13-11)9-10-3-6-15-7-4-10/h2,5,10,12H,3-4,6-9H2,1H3. The monoisotopic (exact) mass is 209 g/mol. The molecule has 1 aliphatic heterocycles. The summed E-state index contributed by atoms with van der Waals surface area (Å²) in [7, 11) is 1.94. The molecular formula is C11H19N3O. The minimum absolute atomic E-state index is 0.737. The molecule has 0 unspecified atom stereocenters. The third-order valence-corrected chi connectivity index (χ3v) is 2.84. The van der Waals surface area contributed by atoms with Crippen LogP contribution in [0.4, 0.5) is 0 Å². The minimum atomic E-state index is 0.737. The van der Waals surface area contributed by atoms with Gasteiger partial charge >= 0.3 is 0 Å². The zero-order chi connectivity index (χ0) is 10.5. The molecular weight excluding hydrogens is 190 g/mol. The summed E-state index contributed by atoms with van der Waals surface area (Å²) in [5.41, 5.74) is 1.12. The summed E-state index contributed by atoms with van der Waals surface area (Å²) in [5.74, 6) is 0.737. The first-order chi connectivity index (χ1) is 7.38. The lowest BCUT2D eigenvalue weighted by molar-refractivity contribution is 0.0601. The summed E-state index contributed by atoms with van der Waals surface area (Å²) in [6, 6.07) is 2.08. The Kier molecular flexibility index (Phi) is 3.75. The quantitative estimate of drug-likeness (QED) is 0.805. The third-order valence-electron chi connectivity index (χ3n) is 2.84. The van der Waals surface area contributed by atoms with Gasteiger partial charge in [-0.1, -0.05) is 0 Å². The molecule has 0 radical (unpaired) electrons. The van der Waals surface area contributed by atoms with Crippen molar-refractivity contribution in [2.45, 2.75) is 25.9 Å². The Morgan fingerprint density at radius 1 is 1.53 bits per heavy atom. The van der Waals surface area contributed by atoms with Gasteiger partial charge in [-0.15, -0.1) is 0 Å². The Hall–Kier alpha value is -0.870. The van der Waals surface area contributed by atoms with E-state index in [4.69, 9.17) is 4.74 Å². The summed E-state index contributed by atoms with van der Waals surface area (Å²) in [5, 5.41) is 7.61. The molecule has 4 heteroatoms. The molecule has 1 aromatic heterocycles. The van der Waals surface area contributed by atoms with Crippen molar-refractivity contribution in [1.82, 2.24) is 15.1 Å². The molecule has 4 nitrogen and oxygen atoms in total. The Bertz CT molecular complexity index is 292. The Morgan fingerprint density at radius 2 is 2.33 bits per heavy atom. The summed E-state index contributed by atoms with van der Waals surface area (Å²) in [6.07, 6.45) is 4.41. The maximum Gasteiger partial charge on any atom is 0.0762 e. The van der Waals surface area contributed by atoms with Crippen molar-refractivity contribution in [3.8, 4) is 0 Å². The molecule has 1 saturated heterocycles. The van der Waals surface area contributed by atoms with E-state index in [0.29, 0.717) is 0 Å². The van der Waals surface area contributed by atoms with Crippen LogP contribution in [-0.4, -0.2) is 30.0 Å². The van der Waals surface area contributed by atoms with Gasteiger partial charge in [-0.05, 0) is 31.9 Å². The smallest absolute Gasteiger partial charge is 0.0762 e. The molecule has 0 aromatic carbocycles. The van der Waals surface area contributed by atoms with E-state index in [9.17, 15) is 0 Å². The molecule has 0 atom stereocenters. The lowest BCUT2D eigenvalue weighted by Crippen LogP contribution is -2.20.